The molecule has 1 saturated heterocycles. The second kappa shape index (κ2) is 11.1. The van der Waals surface area contributed by atoms with Crippen LogP contribution in [0.1, 0.15) is 24.5 Å². The fourth-order valence-electron chi connectivity index (χ4n) is 4.61. The van der Waals surface area contributed by atoms with E-state index in [0.717, 1.165) is 18.1 Å². The van der Waals surface area contributed by atoms with Crippen LogP contribution in [0, 0.1) is 5.41 Å². The van der Waals surface area contributed by atoms with Crippen molar-refractivity contribution in [2.45, 2.75) is 38.0 Å². The molecule has 200 valence electrons. The zero-order chi connectivity index (χ0) is 27.3. The fourth-order valence-corrected chi connectivity index (χ4v) is 4.61. The van der Waals surface area contributed by atoms with Crippen LogP contribution in [-0.2, 0) is 36.9 Å². The summed E-state index contributed by atoms with van der Waals surface area (Å²) >= 11 is 0. The molecule has 3 atom stereocenters. The Bertz CT molecular complexity index is 1230. The first-order valence-electron chi connectivity index (χ1n) is 12.3. The molecule has 1 fully saturated rings. The quantitative estimate of drug-likeness (QED) is 0.330. The van der Waals surface area contributed by atoms with Gasteiger partial charge >= 0.3 is 5.97 Å². The zero-order valence-electron chi connectivity index (χ0n) is 21.1. The van der Waals surface area contributed by atoms with Crippen LogP contribution in [0.3, 0.4) is 0 Å². The molecule has 2 aliphatic heterocycles. The van der Waals surface area contributed by atoms with E-state index in [2.05, 4.69) is 15.8 Å². The smallest absolute Gasteiger partial charge is 0.333 e. The number of likely N-dealkylation sites (tertiary alicyclic amines) is 1. The van der Waals surface area contributed by atoms with Crippen molar-refractivity contribution in [3.8, 4) is 0 Å². The number of nitrogens with zero attached hydrogens (tertiary/aromatic N) is 2. The van der Waals surface area contributed by atoms with E-state index in [-0.39, 0.29) is 32.2 Å². The lowest BCUT2D eigenvalue weighted by Gasteiger charge is -2.40. The molecule has 38 heavy (non-hydrogen) atoms. The topological polar surface area (TPSA) is 163 Å². The number of aliphatic carboxylic acids is 1. The summed E-state index contributed by atoms with van der Waals surface area (Å²) in [6, 6.07) is 17.5. The van der Waals surface area contributed by atoms with Crippen molar-refractivity contribution in [3.05, 3.63) is 71.8 Å². The summed E-state index contributed by atoms with van der Waals surface area (Å²) in [5, 5.41) is 16.1. The Labute approximate surface area is 220 Å². The standard InChI is InChI=1S/C27H31N5O6/c1-26(28,25(36)37)23(34)29-20(16-38-15-19-10-6-3-7-11-19)22(33)32-13-12-21-27(17-32,24(35)31-30-21)14-18-8-4-2-5-9-18/h2-11,20H,12-17,28H2,1H3,(H,29,34)(H,31,35)(H,36,37). The Hall–Kier alpha value is -4.09. The molecule has 3 amide bonds. The number of carbonyl (C=O) groups is 4. The summed E-state index contributed by atoms with van der Waals surface area (Å²) in [6.45, 7) is 1.33. The molecule has 0 aromatic heterocycles. The Balaban J connectivity index is 1.54. The van der Waals surface area contributed by atoms with Crippen LogP contribution >= 0.6 is 0 Å². The molecule has 3 unspecified atom stereocenters. The summed E-state index contributed by atoms with van der Waals surface area (Å²) in [6.07, 6.45) is 0.719. The summed E-state index contributed by atoms with van der Waals surface area (Å²) < 4.78 is 5.74. The minimum absolute atomic E-state index is 0.0509. The number of nitrogens with two attached hydrogens (primary N) is 1. The summed E-state index contributed by atoms with van der Waals surface area (Å²) in [5.74, 6) is -3.35. The van der Waals surface area contributed by atoms with Gasteiger partial charge in [-0.25, -0.2) is 10.2 Å². The Kier molecular flexibility index (Phi) is 7.88. The third-order valence-corrected chi connectivity index (χ3v) is 6.93. The fraction of sp³-hybridized carbons (Fsp3) is 0.370. The van der Waals surface area contributed by atoms with Crippen LogP contribution in [0.4, 0.5) is 0 Å². The van der Waals surface area contributed by atoms with Gasteiger partial charge in [-0.1, -0.05) is 60.7 Å². The van der Waals surface area contributed by atoms with Crippen molar-refractivity contribution in [1.29, 1.82) is 0 Å². The van der Waals surface area contributed by atoms with E-state index in [4.69, 9.17) is 10.5 Å². The van der Waals surface area contributed by atoms with Crippen molar-refractivity contribution in [2.24, 2.45) is 16.3 Å². The molecular weight excluding hydrogens is 490 g/mol. The summed E-state index contributed by atoms with van der Waals surface area (Å²) in [5.41, 5.74) is 7.43. The van der Waals surface area contributed by atoms with Crippen LogP contribution in [0.15, 0.2) is 65.8 Å². The first-order chi connectivity index (χ1) is 18.1. The predicted molar refractivity (Wildman–Crippen MR) is 138 cm³/mol. The van der Waals surface area contributed by atoms with Crippen molar-refractivity contribution in [2.75, 3.05) is 19.7 Å². The summed E-state index contributed by atoms with van der Waals surface area (Å²) in [7, 11) is 0. The SMILES string of the molecule is CC(N)(C(=O)O)C(=O)NC(COCc1ccccc1)C(=O)N1CCC2=NNC(=O)C2(Cc2ccccc2)C1. The number of hydrazone groups is 1. The highest BCUT2D eigenvalue weighted by Gasteiger charge is 2.52. The van der Waals surface area contributed by atoms with Crippen LogP contribution in [0.2, 0.25) is 0 Å². The molecule has 0 spiro atoms. The molecule has 2 aromatic carbocycles. The lowest BCUT2D eigenvalue weighted by Crippen LogP contribution is -2.64. The molecule has 11 nitrogen and oxygen atoms in total. The normalized spacial score (nSPS) is 20.9. The first-order valence-corrected chi connectivity index (χ1v) is 12.3. The average molecular weight is 522 g/mol. The monoisotopic (exact) mass is 521 g/mol. The lowest BCUT2D eigenvalue weighted by atomic mass is 9.73. The zero-order valence-corrected chi connectivity index (χ0v) is 21.1. The predicted octanol–water partition coefficient (Wildman–Crippen LogP) is 0.437. The van der Waals surface area contributed by atoms with Gasteiger partial charge < -0.3 is 25.8 Å². The molecule has 0 saturated carbocycles. The van der Waals surface area contributed by atoms with Gasteiger partial charge in [0, 0.05) is 19.5 Å². The minimum atomic E-state index is -2.25. The van der Waals surface area contributed by atoms with Gasteiger partial charge in [0.15, 0.2) is 5.54 Å². The second-order valence-corrected chi connectivity index (χ2v) is 9.79. The highest BCUT2D eigenvalue weighted by Crippen LogP contribution is 2.35. The second-order valence-electron chi connectivity index (χ2n) is 9.79. The van der Waals surface area contributed by atoms with Gasteiger partial charge in [0.1, 0.15) is 11.5 Å². The maximum Gasteiger partial charge on any atom is 0.333 e. The van der Waals surface area contributed by atoms with E-state index >= 15 is 0 Å². The van der Waals surface area contributed by atoms with E-state index < -0.39 is 34.8 Å². The third-order valence-electron chi connectivity index (χ3n) is 6.93. The molecular formula is C27H31N5O6. The molecule has 4 rings (SSSR count). The highest BCUT2D eigenvalue weighted by molar-refractivity contribution is 6.14. The summed E-state index contributed by atoms with van der Waals surface area (Å²) in [4.78, 5) is 52.5. The van der Waals surface area contributed by atoms with Crippen molar-refractivity contribution < 1.29 is 29.0 Å². The first kappa shape index (κ1) is 27.0. The number of hydrogen-bond acceptors (Lipinski definition) is 7. The van der Waals surface area contributed by atoms with E-state index in [9.17, 15) is 24.3 Å². The highest BCUT2D eigenvalue weighted by atomic mass is 16.5. The number of carbonyl (C=O) groups excluding carboxylic acids is 3. The van der Waals surface area contributed by atoms with Gasteiger partial charge in [-0.3, -0.25) is 14.4 Å². The van der Waals surface area contributed by atoms with Gasteiger partial charge in [-0.05, 0) is 24.5 Å². The van der Waals surface area contributed by atoms with Gasteiger partial charge in [0.25, 0.3) is 11.8 Å². The molecule has 0 aliphatic carbocycles. The number of carboxylic acids is 1. The van der Waals surface area contributed by atoms with Crippen LogP contribution in [-0.4, -0.2) is 70.7 Å². The Morgan fingerprint density at radius 2 is 1.79 bits per heavy atom. The number of nitrogens with one attached hydrogen (secondary N) is 2. The molecule has 0 bridgehead atoms. The minimum Gasteiger partial charge on any atom is -0.479 e. The number of hydrogen-bond donors (Lipinski definition) is 4. The number of carboxylic acid groups (broad SMARTS) is 1. The lowest BCUT2D eigenvalue weighted by molar-refractivity contribution is -0.150. The molecule has 11 heteroatoms. The van der Waals surface area contributed by atoms with E-state index in [1.165, 1.54) is 4.90 Å². The average Bonchev–Trinajstić information content (AvgIpc) is 3.23. The van der Waals surface area contributed by atoms with E-state index in [1.807, 2.05) is 60.7 Å². The van der Waals surface area contributed by atoms with Crippen molar-refractivity contribution >= 4 is 29.4 Å². The third kappa shape index (κ3) is 5.58. The Morgan fingerprint density at radius 3 is 2.42 bits per heavy atom. The molecule has 2 aliphatic rings. The van der Waals surface area contributed by atoms with Gasteiger partial charge in [-0.15, -0.1) is 0 Å². The van der Waals surface area contributed by atoms with Gasteiger partial charge in [0.05, 0.1) is 18.9 Å². The molecule has 0 radical (unpaired) electrons. The van der Waals surface area contributed by atoms with Crippen molar-refractivity contribution in [1.82, 2.24) is 15.6 Å². The number of benzene rings is 2. The number of rotatable bonds is 10. The maximum atomic E-state index is 13.7. The van der Waals surface area contributed by atoms with Crippen LogP contribution in [0.5, 0.6) is 0 Å². The van der Waals surface area contributed by atoms with E-state index in [0.29, 0.717) is 18.6 Å². The van der Waals surface area contributed by atoms with Crippen molar-refractivity contribution in [3.63, 3.8) is 0 Å². The van der Waals surface area contributed by atoms with Gasteiger partial charge in [0.2, 0.25) is 5.91 Å². The molecule has 2 heterocycles. The number of ether oxygens (including phenoxy) is 1. The largest absolute Gasteiger partial charge is 0.479 e. The Morgan fingerprint density at radius 1 is 1.16 bits per heavy atom. The number of fused-ring (bicyclic) bond motifs is 1. The van der Waals surface area contributed by atoms with Gasteiger partial charge in [-0.2, -0.15) is 5.10 Å². The molecule has 2 aromatic rings. The number of piperidine rings is 1. The van der Waals surface area contributed by atoms with E-state index in [1.54, 1.807) is 0 Å². The van der Waals surface area contributed by atoms with Crippen LogP contribution < -0.4 is 16.5 Å². The van der Waals surface area contributed by atoms with Crippen LogP contribution in [0.25, 0.3) is 0 Å². The number of amides is 3. The molecule has 5 N–H and O–H groups in total. The maximum absolute atomic E-state index is 13.7.